The molecule has 0 bridgehead atoms. The molecule has 0 aliphatic rings. The van der Waals surface area contributed by atoms with Crippen molar-refractivity contribution in [1.82, 2.24) is 10.0 Å². The van der Waals surface area contributed by atoms with Gasteiger partial charge in [-0.2, -0.15) is 0 Å². The fourth-order valence-electron chi connectivity index (χ4n) is 1.13. The van der Waals surface area contributed by atoms with Gasteiger partial charge in [-0.1, -0.05) is 0 Å². The number of hydrogen-bond acceptors (Lipinski definition) is 4. The molecule has 7 heteroatoms. The monoisotopic (exact) mass is 266 g/mol. The van der Waals surface area contributed by atoms with E-state index in [1.165, 1.54) is 0 Å². The van der Waals surface area contributed by atoms with Crippen LogP contribution < -0.4 is 10.0 Å². The van der Waals surface area contributed by atoms with E-state index in [1.54, 1.807) is 12.1 Å². The number of hydrogen-bond donors (Lipinski definition) is 2. The zero-order valence-electron chi connectivity index (χ0n) is 8.99. The average molecular weight is 267 g/mol. The van der Waals surface area contributed by atoms with Gasteiger partial charge in [-0.25, -0.2) is 13.1 Å². The van der Waals surface area contributed by atoms with E-state index < -0.39 is 10.0 Å². The van der Waals surface area contributed by atoms with Crippen LogP contribution in [0.2, 0.25) is 5.22 Å². The highest BCUT2D eigenvalue weighted by atomic mass is 35.5. The van der Waals surface area contributed by atoms with Gasteiger partial charge in [0.1, 0.15) is 5.76 Å². The van der Waals surface area contributed by atoms with Gasteiger partial charge < -0.3 is 9.73 Å². The fraction of sp³-hybridized carbons (Fsp3) is 0.556. The van der Waals surface area contributed by atoms with Crippen molar-refractivity contribution in [3.8, 4) is 0 Å². The molecule has 1 aromatic heterocycles. The fourth-order valence-corrected chi connectivity index (χ4v) is 1.81. The molecule has 0 radical (unpaired) electrons. The predicted octanol–water partition coefficient (Wildman–Crippen LogP) is 0.962. The molecular weight excluding hydrogens is 252 g/mol. The van der Waals surface area contributed by atoms with Gasteiger partial charge in [-0.15, -0.1) is 0 Å². The lowest BCUT2D eigenvalue weighted by Crippen LogP contribution is -2.26. The van der Waals surface area contributed by atoms with Crippen LogP contribution in [0.3, 0.4) is 0 Å². The van der Waals surface area contributed by atoms with Crippen LogP contribution in [0.4, 0.5) is 0 Å². The largest absolute Gasteiger partial charge is 0.448 e. The van der Waals surface area contributed by atoms with Gasteiger partial charge in [0.2, 0.25) is 10.0 Å². The van der Waals surface area contributed by atoms with Crippen molar-refractivity contribution in [1.29, 1.82) is 0 Å². The molecule has 5 nitrogen and oxygen atoms in total. The molecule has 16 heavy (non-hydrogen) atoms. The molecule has 0 aliphatic heterocycles. The lowest BCUT2D eigenvalue weighted by atomic mass is 10.4. The Morgan fingerprint density at radius 2 is 2.12 bits per heavy atom. The van der Waals surface area contributed by atoms with Gasteiger partial charge in [0.05, 0.1) is 12.8 Å². The van der Waals surface area contributed by atoms with E-state index in [4.69, 9.17) is 16.0 Å². The molecule has 1 aromatic rings. The van der Waals surface area contributed by atoms with E-state index in [1.807, 2.05) is 0 Å². The van der Waals surface area contributed by atoms with Crippen molar-refractivity contribution in [2.45, 2.75) is 13.0 Å². The third-order valence-corrected chi connectivity index (χ3v) is 2.75. The first kappa shape index (κ1) is 13.5. The molecular formula is C9H15ClN2O3S. The first-order valence-corrected chi connectivity index (χ1v) is 7.14. The van der Waals surface area contributed by atoms with Crippen molar-refractivity contribution in [2.75, 3.05) is 19.3 Å². The Balaban J connectivity index is 2.04. The lowest BCUT2D eigenvalue weighted by Gasteiger charge is -2.03. The van der Waals surface area contributed by atoms with Crippen LogP contribution in [0.15, 0.2) is 16.5 Å². The number of halogens is 1. The molecule has 0 saturated carbocycles. The highest BCUT2D eigenvalue weighted by Crippen LogP contribution is 2.12. The Morgan fingerprint density at radius 1 is 1.38 bits per heavy atom. The summed E-state index contributed by atoms with van der Waals surface area (Å²) in [5, 5.41) is 3.48. The summed E-state index contributed by atoms with van der Waals surface area (Å²) < 4.78 is 29.0. The molecule has 0 saturated heterocycles. The summed E-state index contributed by atoms with van der Waals surface area (Å²) in [6.07, 6.45) is 1.87. The topological polar surface area (TPSA) is 71.3 Å². The highest BCUT2D eigenvalue weighted by molar-refractivity contribution is 7.88. The first-order chi connectivity index (χ1) is 7.47. The van der Waals surface area contributed by atoms with Crippen LogP contribution in [0.5, 0.6) is 0 Å². The van der Waals surface area contributed by atoms with Crippen LogP contribution in [-0.2, 0) is 16.6 Å². The number of nitrogens with one attached hydrogen (secondary N) is 2. The maximum atomic E-state index is 10.7. The summed E-state index contributed by atoms with van der Waals surface area (Å²) in [5.74, 6) is 0.765. The molecule has 1 heterocycles. The van der Waals surface area contributed by atoms with Gasteiger partial charge in [0.15, 0.2) is 5.22 Å². The minimum absolute atomic E-state index is 0.371. The Hall–Kier alpha value is -0.560. The van der Waals surface area contributed by atoms with E-state index in [0.717, 1.165) is 18.4 Å². The number of sulfonamides is 1. The predicted molar refractivity (Wildman–Crippen MR) is 62.9 cm³/mol. The molecule has 0 unspecified atom stereocenters. The number of rotatable bonds is 7. The first-order valence-electron chi connectivity index (χ1n) is 4.87. The molecule has 2 N–H and O–H groups in total. The summed E-state index contributed by atoms with van der Waals surface area (Å²) in [6.45, 7) is 1.73. The van der Waals surface area contributed by atoms with Gasteiger partial charge in [-0.05, 0) is 36.7 Å². The maximum Gasteiger partial charge on any atom is 0.208 e. The van der Waals surface area contributed by atoms with Crippen LogP contribution in [-0.4, -0.2) is 27.8 Å². The minimum Gasteiger partial charge on any atom is -0.448 e. The van der Waals surface area contributed by atoms with E-state index in [0.29, 0.717) is 24.9 Å². The lowest BCUT2D eigenvalue weighted by molar-refractivity contribution is 0.482. The molecule has 0 spiro atoms. The third-order valence-electron chi connectivity index (χ3n) is 1.82. The third kappa shape index (κ3) is 6.12. The normalized spacial score (nSPS) is 11.9. The van der Waals surface area contributed by atoms with Crippen molar-refractivity contribution in [3.63, 3.8) is 0 Å². The zero-order chi connectivity index (χ0) is 12.0. The molecule has 0 aromatic carbocycles. The molecule has 92 valence electrons. The van der Waals surface area contributed by atoms with Gasteiger partial charge in [0.25, 0.3) is 0 Å². The van der Waals surface area contributed by atoms with Crippen LogP contribution in [0, 0.1) is 0 Å². The summed E-state index contributed by atoms with van der Waals surface area (Å²) in [7, 11) is -3.07. The van der Waals surface area contributed by atoms with Crippen molar-refractivity contribution in [3.05, 3.63) is 23.1 Å². The smallest absolute Gasteiger partial charge is 0.208 e. The van der Waals surface area contributed by atoms with E-state index in [9.17, 15) is 8.42 Å². The van der Waals surface area contributed by atoms with Crippen LogP contribution in [0.25, 0.3) is 0 Å². The van der Waals surface area contributed by atoms with E-state index in [-0.39, 0.29) is 0 Å². The molecule has 1 rings (SSSR count). The summed E-state index contributed by atoms with van der Waals surface area (Å²) >= 11 is 5.60. The van der Waals surface area contributed by atoms with Crippen LogP contribution in [0.1, 0.15) is 12.2 Å². The van der Waals surface area contributed by atoms with Gasteiger partial charge in [0, 0.05) is 6.54 Å². The molecule has 0 amide bonds. The quantitative estimate of drug-likeness (QED) is 0.721. The zero-order valence-corrected chi connectivity index (χ0v) is 10.6. The molecule has 0 aliphatic carbocycles. The van der Waals surface area contributed by atoms with E-state index in [2.05, 4.69) is 10.0 Å². The summed E-state index contributed by atoms with van der Waals surface area (Å²) in [4.78, 5) is 0. The molecule has 0 atom stereocenters. The van der Waals surface area contributed by atoms with E-state index >= 15 is 0 Å². The summed E-state index contributed by atoms with van der Waals surface area (Å²) in [6, 6.07) is 3.48. The minimum atomic E-state index is -3.07. The van der Waals surface area contributed by atoms with Gasteiger partial charge >= 0.3 is 0 Å². The standard InChI is InChI=1S/C9H15ClN2O3S/c1-16(13,14)12-6-2-5-11-7-8-3-4-9(10)15-8/h3-4,11-12H,2,5-7H2,1H3. The van der Waals surface area contributed by atoms with Crippen molar-refractivity contribution >= 4 is 21.6 Å². The Bertz CT molecular complexity index is 416. The SMILES string of the molecule is CS(=O)(=O)NCCCNCc1ccc(Cl)o1. The molecule has 0 fully saturated rings. The Kier molecular flexibility index (Phi) is 5.27. The second-order valence-corrected chi connectivity index (χ2v) is 5.61. The van der Waals surface area contributed by atoms with Crippen LogP contribution >= 0.6 is 11.6 Å². The Labute approximate surface area is 100 Å². The maximum absolute atomic E-state index is 10.7. The second-order valence-electron chi connectivity index (χ2n) is 3.40. The summed E-state index contributed by atoms with van der Waals surface area (Å²) in [5.41, 5.74) is 0. The number of furan rings is 1. The average Bonchev–Trinajstić information content (AvgIpc) is 2.56. The highest BCUT2D eigenvalue weighted by Gasteiger charge is 2.00. The van der Waals surface area contributed by atoms with Crippen molar-refractivity contribution in [2.24, 2.45) is 0 Å². The van der Waals surface area contributed by atoms with Gasteiger partial charge in [-0.3, -0.25) is 0 Å². The Morgan fingerprint density at radius 3 is 2.69 bits per heavy atom. The van der Waals surface area contributed by atoms with Crippen molar-refractivity contribution < 1.29 is 12.8 Å². The second kappa shape index (κ2) is 6.24.